The van der Waals surface area contributed by atoms with Crippen LogP contribution in [0.25, 0.3) is 33.2 Å². The molecular formula is C21H21N7O3S. The standard InChI is InChI=1S/C21H21N7O3S/c1-4-16-13(6-12(8-23-16)18-27-28-21(30)31-18)15-9-24-17(26-20(29)22-5-2)7-14(15)19-25-11(3)10-32-19/h6-10H,4-5H2,1-3H3,(H,28,30)(H2,22,24,26,29). The van der Waals surface area contributed by atoms with Crippen molar-refractivity contribution < 1.29 is 9.21 Å². The maximum absolute atomic E-state index is 12.0. The molecule has 0 aliphatic heterocycles. The Kier molecular flexibility index (Phi) is 6.08. The number of aromatic amines is 1. The second kappa shape index (κ2) is 9.10. The Morgan fingerprint density at radius 2 is 2.00 bits per heavy atom. The van der Waals surface area contributed by atoms with Crippen molar-refractivity contribution in [1.82, 2.24) is 30.5 Å². The number of carbonyl (C=O) groups is 1. The Morgan fingerprint density at radius 3 is 2.66 bits per heavy atom. The predicted molar refractivity (Wildman–Crippen MR) is 122 cm³/mol. The number of pyridine rings is 2. The quantitative estimate of drug-likeness (QED) is 0.407. The second-order valence-corrected chi connectivity index (χ2v) is 7.74. The lowest BCUT2D eigenvalue weighted by atomic mass is 9.98. The van der Waals surface area contributed by atoms with Gasteiger partial charge in [-0.15, -0.1) is 16.4 Å². The van der Waals surface area contributed by atoms with Crippen LogP contribution in [-0.4, -0.2) is 37.7 Å². The molecule has 4 aromatic rings. The van der Waals surface area contributed by atoms with Gasteiger partial charge in [0.05, 0.1) is 5.56 Å². The molecule has 0 saturated heterocycles. The Morgan fingerprint density at radius 1 is 1.16 bits per heavy atom. The molecule has 0 unspecified atom stereocenters. The van der Waals surface area contributed by atoms with E-state index < -0.39 is 5.76 Å². The number of hydrogen-bond donors (Lipinski definition) is 3. The molecule has 10 nitrogen and oxygen atoms in total. The third-order valence-electron chi connectivity index (χ3n) is 4.61. The average Bonchev–Trinajstić information content (AvgIpc) is 3.41. The van der Waals surface area contributed by atoms with Gasteiger partial charge >= 0.3 is 11.8 Å². The largest absolute Gasteiger partial charge is 0.434 e. The summed E-state index contributed by atoms with van der Waals surface area (Å²) in [7, 11) is 0. The smallest absolute Gasteiger partial charge is 0.388 e. The van der Waals surface area contributed by atoms with Gasteiger partial charge in [0.2, 0.25) is 0 Å². The minimum absolute atomic E-state index is 0.153. The fourth-order valence-corrected chi connectivity index (χ4v) is 4.02. The molecular weight excluding hydrogens is 430 g/mol. The van der Waals surface area contributed by atoms with Gasteiger partial charge < -0.3 is 9.73 Å². The molecule has 2 amide bonds. The van der Waals surface area contributed by atoms with Gasteiger partial charge in [-0.3, -0.25) is 10.3 Å². The van der Waals surface area contributed by atoms with E-state index in [0.717, 1.165) is 33.1 Å². The zero-order valence-corrected chi connectivity index (χ0v) is 18.5. The number of aryl methyl sites for hydroxylation is 2. The minimum Gasteiger partial charge on any atom is -0.388 e. The Labute approximate surface area is 187 Å². The molecule has 164 valence electrons. The summed E-state index contributed by atoms with van der Waals surface area (Å²) in [5, 5.41) is 14.3. The van der Waals surface area contributed by atoms with E-state index >= 15 is 0 Å². The van der Waals surface area contributed by atoms with Gasteiger partial charge in [-0.1, -0.05) is 6.92 Å². The van der Waals surface area contributed by atoms with Gasteiger partial charge in [0.15, 0.2) is 0 Å². The summed E-state index contributed by atoms with van der Waals surface area (Å²) in [5.41, 5.74) is 4.71. The van der Waals surface area contributed by atoms with E-state index in [0.29, 0.717) is 24.3 Å². The summed E-state index contributed by atoms with van der Waals surface area (Å²) in [6, 6.07) is 3.33. The molecule has 0 bridgehead atoms. The molecule has 0 atom stereocenters. The van der Waals surface area contributed by atoms with Crippen molar-refractivity contribution in [1.29, 1.82) is 0 Å². The number of aromatic nitrogens is 5. The first-order valence-corrected chi connectivity index (χ1v) is 10.9. The minimum atomic E-state index is -0.637. The molecule has 0 saturated carbocycles. The molecule has 3 N–H and O–H groups in total. The summed E-state index contributed by atoms with van der Waals surface area (Å²) in [6.07, 6.45) is 3.98. The van der Waals surface area contributed by atoms with E-state index in [9.17, 15) is 9.59 Å². The molecule has 0 spiro atoms. The Bertz CT molecular complexity index is 1320. The maximum atomic E-state index is 12.0. The highest BCUT2D eigenvalue weighted by molar-refractivity contribution is 7.13. The van der Waals surface area contributed by atoms with Crippen LogP contribution < -0.4 is 16.4 Å². The van der Waals surface area contributed by atoms with Crippen molar-refractivity contribution in [3.05, 3.63) is 51.8 Å². The summed E-state index contributed by atoms with van der Waals surface area (Å²) in [6.45, 7) is 6.28. The van der Waals surface area contributed by atoms with E-state index in [4.69, 9.17) is 4.42 Å². The topological polar surface area (TPSA) is 139 Å². The lowest BCUT2D eigenvalue weighted by Crippen LogP contribution is -2.28. The normalized spacial score (nSPS) is 10.8. The van der Waals surface area contributed by atoms with Crippen LogP contribution in [0.3, 0.4) is 0 Å². The van der Waals surface area contributed by atoms with Gasteiger partial charge in [0, 0.05) is 52.4 Å². The van der Waals surface area contributed by atoms with E-state index in [2.05, 4.69) is 35.8 Å². The van der Waals surface area contributed by atoms with Gasteiger partial charge in [-0.2, -0.15) is 0 Å². The van der Waals surface area contributed by atoms with Gasteiger partial charge in [0.25, 0.3) is 5.89 Å². The van der Waals surface area contributed by atoms with Crippen molar-refractivity contribution in [2.75, 3.05) is 11.9 Å². The number of anilines is 1. The van der Waals surface area contributed by atoms with Crippen molar-refractivity contribution in [3.8, 4) is 33.2 Å². The van der Waals surface area contributed by atoms with Gasteiger partial charge in [-0.25, -0.2) is 24.7 Å². The summed E-state index contributed by atoms with van der Waals surface area (Å²) in [4.78, 5) is 37.0. The zero-order chi connectivity index (χ0) is 22.7. The second-order valence-electron chi connectivity index (χ2n) is 6.88. The number of thiazole rings is 1. The molecule has 4 aromatic heterocycles. The number of nitrogens with one attached hydrogen (secondary N) is 3. The lowest BCUT2D eigenvalue weighted by molar-refractivity contribution is 0.252. The summed E-state index contributed by atoms with van der Waals surface area (Å²) >= 11 is 1.50. The number of H-pyrrole nitrogens is 1. The van der Waals surface area contributed by atoms with Crippen molar-refractivity contribution in [2.45, 2.75) is 27.2 Å². The van der Waals surface area contributed by atoms with Crippen molar-refractivity contribution in [2.24, 2.45) is 0 Å². The number of urea groups is 1. The number of amides is 2. The van der Waals surface area contributed by atoms with E-state index in [1.807, 2.05) is 32.2 Å². The van der Waals surface area contributed by atoms with Crippen LogP contribution >= 0.6 is 11.3 Å². The number of nitrogens with zero attached hydrogens (tertiary/aromatic N) is 4. The van der Waals surface area contributed by atoms with E-state index in [1.165, 1.54) is 11.3 Å². The van der Waals surface area contributed by atoms with E-state index in [1.54, 1.807) is 18.5 Å². The molecule has 0 aliphatic carbocycles. The molecule has 0 fully saturated rings. The molecule has 0 radical (unpaired) electrons. The fraction of sp³-hybridized carbons (Fsp3) is 0.238. The van der Waals surface area contributed by atoms with Crippen molar-refractivity contribution >= 4 is 23.2 Å². The molecule has 4 rings (SSSR count). The highest BCUT2D eigenvalue weighted by Crippen LogP contribution is 2.37. The van der Waals surface area contributed by atoms with Gasteiger partial charge in [0.1, 0.15) is 10.8 Å². The van der Waals surface area contributed by atoms with Crippen LogP contribution in [0.4, 0.5) is 10.6 Å². The number of rotatable bonds is 6. The summed E-state index contributed by atoms with van der Waals surface area (Å²) < 4.78 is 5.10. The predicted octanol–water partition coefficient (Wildman–Crippen LogP) is 3.62. The third-order valence-corrected chi connectivity index (χ3v) is 5.61. The molecule has 32 heavy (non-hydrogen) atoms. The van der Waals surface area contributed by atoms with E-state index in [-0.39, 0.29) is 11.9 Å². The number of hydrogen-bond acceptors (Lipinski definition) is 8. The highest BCUT2D eigenvalue weighted by Gasteiger charge is 2.18. The Hall–Kier alpha value is -3.86. The Balaban J connectivity index is 1.86. The summed E-state index contributed by atoms with van der Waals surface area (Å²) in [5.74, 6) is -0.0777. The average molecular weight is 452 g/mol. The molecule has 0 aromatic carbocycles. The van der Waals surface area contributed by atoms with Crippen LogP contribution in [0.5, 0.6) is 0 Å². The van der Waals surface area contributed by atoms with Crippen LogP contribution in [0.1, 0.15) is 25.2 Å². The number of carbonyl (C=O) groups excluding carboxylic acids is 1. The molecule has 0 aliphatic rings. The molecule has 11 heteroatoms. The highest BCUT2D eigenvalue weighted by atomic mass is 32.1. The first-order chi connectivity index (χ1) is 15.5. The lowest BCUT2D eigenvalue weighted by Gasteiger charge is -2.14. The van der Waals surface area contributed by atoms with Crippen LogP contribution in [0, 0.1) is 6.92 Å². The van der Waals surface area contributed by atoms with Crippen LogP contribution in [0.2, 0.25) is 0 Å². The first-order valence-electron chi connectivity index (χ1n) is 10.0. The fourth-order valence-electron chi connectivity index (χ4n) is 3.19. The maximum Gasteiger partial charge on any atom is 0.434 e. The van der Waals surface area contributed by atoms with Crippen LogP contribution in [0.15, 0.2) is 39.1 Å². The third kappa shape index (κ3) is 4.42. The monoisotopic (exact) mass is 451 g/mol. The van der Waals surface area contributed by atoms with Crippen LogP contribution in [-0.2, 0) is 6.42 Å². The van der Waals surface area contributed by atoms with Gasteiger partial charge in [-0.05, 0) is 32.4 Å². The molecule has 4 heterocycles. The van der Waals surface area contributed by atoms with Crippen molar-refractivity contribution in [3.63, 3.8) is 0 Å². The first kappa shape index (κ1) is 21.4. The zero-order valence-electron chi connectivity index (χ0n) is 17.7. The SMILES string of the molecule is CCNC(=O)Nc1cc(-c2nc(C)cs2)c(-c2cc(-c3n[nH]c(=O)o3)cnc2CC)cn1.